The normalized spacial score (nSPS) is 41.3. The molecule has 0 saturated heterocycles. The molecule has 0 amide bonds. The van der Waals surface area contributed by atoms with Crippen LogP contribution in [-0.2, 0) is 4.79 Å². The predicted molar refractivity (Wildman–Crippen MR) is 174 cm³/mol. The van der Waals surface area contributed by atoms with E-state index in [2.05, 4.69) is 51.3 Å². The molecular weight excluding hydrogens is 532 g/mol. The van der Waals surface area contributed by atoms with E-state index in [1.54, 1.807) is 12.1 Å². The largest absolute Gasteiger partial charge is 0.478 e. The van der Waals surface area contributed by atoms with Gasteiger partial charge in [0.25, 0.3) is 0 Å². The molecule has 4 saturated carbocycles. The second-order valence-electron chi connectivity index (χ2n) is 16.4. The summed E-state index contributed by atoms with van der Waals surface area (Å²) in [7, 11) is 0. The fraction of sp³-hybridized carbons (Fsp3) is 0.737. The van der Waals surface area contributed by atoms with Gasteiger partial charge in [-0.1, -0.05) is 59.2 Å². The van der Waals surface area contributed by atoms with Crippen LogP contribution in [0.15, 0.2) is 30.3 Å². The van der Waals surface area contributed by atoms with Gasteiger partial charge in [0.15, 0.2) is 0 Å². The Hall–Kier alpha value is -1.98. The summed E-state index contributed by atoms with van der Waals surface area (Å²) in [6.07, 6.45) is 17.3. The fourth-order valence-electron chi connectivity index (χ4n) is 12.5. The Morgan fingerprint density at radius 3 is 2.35 bits per heavy atom. The van der Waals surface area contributed by atoms with Crippen molar-refractivity contribution in [1.82, 2.24) is 10.6 Å². The van der Waals surface area contributed by atoms with Crippen molar-refractivity contribution in [2.24, 2.45) is 45.3 Å². The summed E-state index contributed by atoms with van der Waals surface area (Å²) in [6, 6.07) is 7.61. The maximum atomic E-state index is 11.5. The molecular formula is C38H56N2O3. The first kappa shape index (κ1) is 31.0. The molecule has 3 N–H and O–H groups in total. The molecule has 5 nitrogen and oxygen atoms in total. The molecule has 7 unspecified atom stereocenters. The Balaban J connectivity index is 1.24. The molecule has 0 aromatic heterocycles. The quantitative estimate of drug-likeness (QED) is 0.203. The highest BCUT2D eigenvalue weighted by molar-refractivity contribution is 5.88. The number of aromatic carboxylic acids is 1. The van der Waals surface area contributed by atoms with Crippen molar-refractivity contribution >= 4 is 17.8 Å². The average molecular weight is 589 g/mol. The predicted octanol–water partition coefficient (Wildman–Crippen LogP) is 7.75. The van der Waals surface area contributed by atoms with Crippen LogP contribution in [0, 0.1) is 45.3 Å². The van der Waals surface area contributed by atoms with Crippen LogP contribution in [0.2, 0.25) is 0 Å². The number of aldehydes is 1. The van der Waals surface area contributed by atoms with Crippen LogP contribution >= 0.6 is 0 Å². The molecule has 8 atom stereocenters. The van der Waals surface area contributed by atoms with Crippen LogP contribution in [0.4, 0.5) is 0 Å². The Bertz CT molecular complexity index is 1250. The van der Waals surface area contributed by atoms with Crippen molar-refractivity contribution in [2.45, 2.75) is 111 Å². The summed E-state index contributed by atoms with van der Waals surface area (Å²) in [5.41, 5.74) is 4.35. The Morgan fingerprint density at radius 1 is 0.860 bits per heavy atom. The SMILES string of the molecule is CC1(C)C(c2ccc(C(=O)O)cc2)=CCC2(C)C1CCC1(C)C2CCC2C3CCCC3(NCCNCCC=O)CC[C@]21C. The molecule has 0 heterocycles. The topological polar surface area (TPSA) is 78.4 Å². The molecule has 43 heavy (non-hydrogen) atoms. The number of allylic oxidation sites excluding steroid dienone is 2. The molecule has 0 aliphatic heterocycles. The molecule has 236 valence electrons. The third-order valence-corrected chi connectivity index (χ3v) is 14.6. The van der Waals surface area contributed by atoms with Gasteiger partial charge >= 0.3 is 5.97 Å². The van der Waals surface area contributed by atoms with E-state index in [4.69, 9.17) is 0 Å². The van der Waals surface area contributed by atoms with Gasteiger partial charge in [0, 0.05) is 31.6 Å². The number of hydrogen-bond donors (Lipinski definition) is 3. The fourth-order valence-corrected chi connectivity index (χ4v) is 12.5. The minimum absolute atomic E-state index is 0.0493. The highest BCUT2D eigenvalue weighted by atomic mass is 16.4. The number of hydrogen-bond acceptors (Lipinski definition) is 4. The van der Waals surface area contributed by atoms with E-state index >= 15 is 0 Å². The first-order valence-electron chi connectivity index (χ1n) is 17.4. The van der Waals surface area contributed by atoms with E-state index in [-0.39, 0.29) is 10.8 Å². The third-order valence-electron chi connectivity index (χ3n) is 14.6. The number of nitrogens with one attached hydrogen (secondary N) is 2. The molecule has 1 aromatic rings. The first-order valence-corrected chi connectivity index (χ1v) is 17.4. The van der Waals surface area contributed by atoms with Crippen molar-refractivity contribution in [2.75, 3.05) is 19.6 Å². The molecule has 5 heteroatoms. The van der Waals surface area contributed by atoms with E-state index < -0.39 is 5.97 Å². The number of rotatable bonds is 9. The summed E-state index contributed by atoms with van der Waals surface area (Å²) in [5, 5.41) is 17.0. The number of benzene rings is 1. The zero-order valence-electron chi connectivity index (χ0n) is 27.4. The van der Waals surface area contributed by atoms with Gasteiger partial charge in [-0.15, -0.1) is 0 Å². The summed E-state index contributed by atoms with van der Waals surface area (Å²) in [5.74, 6) is 2.09. The maximum Gasteiger partial charge on any atom is 0.335 e. The second-order valence-corrected chi connectivity index (χ2v) is 16.4. The molecule has 5 aliphatic rings. The number of carbonyl (C=O) groups excluding carboxylic acids is 1. The van der Waals surface area contributed by atoms with E-state index in [0.29, 0.717) is 34.3 Å². The lowest BCUT2D eigenvalue weighted by Gasteiger charge is -2.72. The highest BCUT2D eigenvalue weighted by Gasteiger charge is 2.69. The van der Waals surface area contributed by atoms with Gasteiger partial charge in [-0.3, -0.25) is 0 Å². The molecule has 0 spiro atoms. The maximum absolute atomic E-state index is 11.5. The Labute approximate surface area is 260 Å². The van der Waals surface area contributed by atoms with Crippen LogP contribution in [0.3, 0.4) is 0 Å². The van der Waals surface area contributed by atoms with Crippen molar-refractivity contribution in [1.29, 1.82) is 0 Å². The summed E-state index contributed by atoms with van der Waals surface area (Å²) < 4.78 is 0. The van der Waals surface area contributed by atoms with Crippen LogP contribution < -0.4 is 10.6 Å². The number of carbonyl (C=O) groups is 2. The monoisotopic (exact) mass is 588 g/mol. The van der Waals surface area contributed by atoms with Crippen molar-refractivity contribution < 1.29 is 14.7 Å². The highest BCUT2D eigenvalue weighted by Crippen LogP contribution is 2.76. The van der Waals surface area contributed by atoms with Crippen molar-refractivity contribution in [3.63, 3.8) is 0 Å². The average Bonchev–Trinajstić information content (AvgIpc) is 3.39. The number of carboxylic acids is 1. The lowest BCUT2D eigenvalue weighted by molar-refractivity contribution is -0.216. The minimum atomic E-state index is -0.858. The molecule has 0 bridgehead atoms. The molecule has 5 aliphatic carbocycles. The van der Waals surface area contributed by atoms with Crippen LogP contribution in [0.1, 0.15) is 121 Å². The van der Waals surface area contributed by atoms with Gasteiger partial charge in [0.1, 0.15) is 6.29 Å². The van der Waals surface area contributed by atoms with Gasteiger partial charge < -0.3 is 20.5 Å². The lowest BCUT2D eigenvalue weighted by Crippen LogP contribution is -2.67. The second kappa shape index (κ2) is 11.1. The van der Waals surface area contributed by atoms with Crippen molar-refractivity contribution in [3.8, 4) is 0 Å². The molecule has 4 fully saturated rings. The van der Waals surface area contributed by atoms with Gasteiger partial charge in [-0.25, -0.2) is 4.79 Å². The van der Waals surface area contributed by atoms with Crippen molar-refractivity contribution in [3.05, 3.63) is 41.5 Å². The molecule has 0 radical (unpaired) electrons. The standard InChI is InChI=1S/C38H56N2O3/c1-34(2)28(26-9-11-27(12-10-26)33(42)43)15-18-35(3)31(34)16-19-37(5)32(35)14-13-29-30-8-6-17-38(30,21-20-36(29,37)4)40-24-23-39-22-7-25-41/h9-12,15,25,29-32,39-40H,6-8,13-14,16-24H2,1-5H3,(H,42,43)/t29?,30?,31?,32?,35?,36-,37?,38?/m1/s1. The third kappa shape index (κ3) is 4.69. The summed E-state index contributed by atoms with van der Waals surface area (Å²) >= 11 is 0. The Morgan fingerprint density at radius 2 is 1.63 bits per heavy atom. The van der Waals surface area contributed by atoms with E-state index in [0.717, 1.165) is 50.1 Å². The first-order chi connectivity index (χ1) is 20.4. The summed E-state index contributed by atoms with van der Waals surface area (Å²) in [6.45, 7) is 15.7. The number of carboxylic acid groups (broad SMARTS) is 1. The van der Waals surface area contributed by atoms with Crippen LogP contribution in [-0.4, -0.2) is 42.5 Å². The lowest BCUT2D eigenvalue weighted by atomic mass is 9.33. The van der Waals surface area contributed by atoms with E-state index in [1.165, 1.54) is 68.9 Å². The van der Waals surface area contributed by atoms with Crippen LogP contribution in [0.25, 0.3) is 5.57 Å². The smallest absolute Gasteiger partial charge is 0.335 e. The van der Waals surface area contributed by atoms with Gasteiger partial charge in [0.2, 0.25) is 0 Å². The zero-order valence-corrected chi connectivity index (χ0v) is 27.4. The van der Waals surface area contributed by atoms with E-state index in [1.807, 2.05) is 12.1 Å². The van der Waals surface area contributed by atoms with Gasteiger partial charge in [-0.2, -0.15) is 0 Å². The van der Waals surface area contributed by atoms with Crippen LogP contribution in [0.5, 0.6) is 0 Å². The Kier molecular flexibility index (Phi) is 8.02. The zero-order chi connectivity index (χ0) is 30.7. The van der Waals surface area contributed by atoms with Gasteiger partial charge in [-0.05, 0) is 126 Å². The summed E-state index contributed by atoms with van der Waals surface area (Å²) in [4.78, 5) is 22.2. The van der Waals surface area contributed by atoms with Gasteiger partial charge in [0.05, 0.1) is 5.56 Å². The number of fused-ring (bicyclic) bond motifs is 7. The van der Waals surface area contributed by atoms with E-state index in [9.17, 15) is 14.7 Å². The minimum Gasteiger partial charge on any atom is -0.478 e. The molecule has 1 aromatic carbocycles. The molecule has 6 rings (SSSR count).